The first kappa shape index (κ1) is 15.2. The molecule has 0 aromatic heterocycles. The van der Waals surface area contributed by atoms with Crippen molar-refractivity contribution in [2.24, 2.45) is 5.73 Å². The molecule has 0 spiro atoms. The quantitative estimate of drug-likeness (QED) is 0.640. The number of hydrogen-bond donors (Lipinski definition) is 1. The molecule has 2 N–H and O–H groups in total. The Morgan fingerprint density at radius 3 is 2.11 bits per heavy atom. The van der Waals surface area contributed by atoms with Gasteiger partial charge in [-0.3, -0.25) is 0 Å². The number of rotatable bonds is 9. The lowest BCUT2D eigenvalue weighted by molar-refractivity contribution is 0.538. The van der Waals surface area contributed by atoms with Crippen LogP contribution in [-0.4, -0.2) is 6.04 Å². The van der Waals surface area contributed by atoms with Crippen LogP contribution in [0.3, 0.4) is 0 Å². The lowest BCUT2D eigenvalue weighted by Crippen LogP contribution is -2.22. The molecule has 1 aromatic carbocycles. The molecule has 0 amide bonds. The van der Waals surface area contributed by atoms with E-state index in [2.05, 4.69) is 38.1 Å². The van der Waals surface area contributed by atoms with E-state index in [-0.39, 0.29) is 0 Å². The first-order valence-electron chi connectivity index (χ1n) is 7.59. The summed E-state index contributed by atoms with van der Waals surface area (Å²) in [6, 6.07) is 9.25. The molecule has 1 rings (SSSR count). The van der Waals surface area contributed by atoms with E-state index in [1.807, 2.05) is 0 Å². The van der Waals surface area contributed by atoms with Gasteiger partial charge in [0.25, 0.3) is 0 Å². The standard InChI is InChI=1S/C17H29N/c1-3-5-6-7-8-9-17(18)14-16-12-10-15(4-2)11-13-16/h10-13,17H,3-9,14,18H2,1-2H3. The van der Waals surface area contributed by atoms with Gasteiger partial charge in [-0.15, -0.1) is 0 Å². The molecule has 102 valence electrons. The molecule has 0 fully saturated rings. The summed E-state index contributed by atoms with van der Waals surface area (Å²) in [5.41, 5.74) is 8.98. The Kier molecular flexibility index (Phi) is 7.75. The highest BCUT2D eigenvalue weighted by molar-refractivity contribution is 5.23. The van der Waals surface area contributed by atoms with Crippen molar-refractivity contribution in [1.82, 2.24) is 0 Å². The lowest BCUT2D eigenvalue weighted by atomic mass is 9.99. The fraction of sp³-hybridized carbons (Fsp3) is 0.647. The molecule has 0 saturated heterocycles. The van der Waals surface area contributed by atoms with Crippen LogP contribution in [0.2, 0.25) is 0 Å². The van der Waals surface area contributed by atoms with Crippen molar-refractivity contribution in [3.8, 4) is 0 Å². The summed E-state index contributed by atoms with van der Waals surface area (Å²) in [5.74, 6) is 0. The van der Waals surface area contributed by atoms with Crippen molar-refractivity contribution in [3.05, 3.63) is 35.4 Å². The molecule has 0 saturated carbocycles. The fourth-order valence-corrected chi connectivity index (χ4v) is 2.33. The maximum atomic E-state index is 6.19. The SMILES string of the molecule is CCCCCCCC(N)Cc1ccc(CC)cc1. The summed E-state index contributed by atoms with van der Waals surface area (Å²) in [5, 5.41) is 0. The van der Waals surface area contributed by atoms with Crippen LogP contribution in [-0.2, 0) is 12.8 Å². The van der Waals surface area contributed by atoms with Crippen LogP contribution in [0.15, 0.2) is 24.3 Å². The predicted molar refractivity (Wildman–Crippen MR) is 80.9 cm³/mol. The van der Waals surface area contributed by atoms with Crippen molar-refractivity contribution in [1.29, 1.82) is 0 Å². The van der Waals surface area contributed by atoms with Gasteiger partial charge in [-0.25, -0.2) is 0 Å². The van der Waals surface area contributed by atoms with Crippen molar-refractivity contribution in [2.75, 3.05) is 0 Å². The van der Waals surface area contributed by atoms with Gasteiger partial charge in [-0.05, 0) is 30.4 Å². The smallest absolute Gasteiger partial charge is 0.00793 e. The van der Waals surface area contributed by atoms with Gasteiger partial charge in [0.05, 0.1) is 0 Å². The molecule has 1 atom stereocenters. The van der Waals surface area contributed by atoms with Gasteiger partial charge < -0.3 is 5.73 Å². The van der Waals surface area contributed by atoms with Gasteiger partial charge in [0.1, 0.15) is 0 Å². The van der Waals surface area contributed by atoms with Crippen molar-refractivity contribution < 1.29 is 0 Å². The van der Waals surface area contributed by atoms with E-state index < -0.39 is 0 Å². The Balaban J connectivity index is 2.20. The molecule has 0 aliphatic rings. The van der Waals surface area contributed by atoms with Gasteiger partial charge in [0.2, 0.25) is 0 Å². The Morgan fingerprint density at radius 2 is 1.50 bits per heavy atom. The Hall–Kier alpha value is -0.820. The molecular weight excluding hydrogens is 218 g/mol. The van der Waals surface area contributed by atoms with Crippen LogP contribution in [0, 0.1) is 0 Å². The van der Waals surface area contributed by atoms with Crippen molar-refractivity contribution >= 4 is 0 Å². The van der Waals surface area contributed by atoms with Crippen LogP contribution in [0.4, 0.5) is 0 Å². The first-order valence-corrected chi connectivity index (χ1v) is 7.59. The maximum absolute atomic E-state index is 6.19. The molecule has 0 radical (unpaired) electrons. The molecule has 18 heavy (non-hydrogen) atoms. The molecule has 1 unspecified atom stereocenters. The van der Waals surface area contributed by atoms with E-state index in [9.17, 15) is 0 Å². The van der Waals surface area contributed by atoms with E-state index in [0.717, 1.165) is 12.8 Å². The van der Waals surface area contributed by atoms with Crippen LogP contribution in [0.25, 0.3) is 0 Å². The van der Waals surface area contributed by atoms with Gasteiger partial charge in [0, 0.05) is 6.04 Å². The van der Waals surface area contributed by atoms with Crippen LogP contribution < -0.4 is 5.73 Å². The second-order valence-corrected chi connectivity index (χ2v) is 5.34. The van der Waals surface area contributed by atoms with Gasteiger partial charge in [-0.1, -0.05) is 70.2 Å². The molecule has 1 nitrogen and oxygen atoms in total. The number of nitrogens with two attached hydrogens (primary N) is 1. The maximum Gasteiger partial charge on any atom is 0.00793 e. The fourth-order valence-electron chi connectivity index (χ4n) is 2.33. The molecule has 0 heterocycles. The van der Waals surface area contributed by atoms with Gasteiger partial charge in [0.15, 0.2) is 0 Å². The molecular formula is C17H29N. The molecule has 0 aliphatic carbocycles. The monoisotopic (exact) mass is 247 g/mol. The summed E-state index contributed by atoms with van der Waals surface area (Å²) in [4.78, 5) is 0. The molecule has 1 aromatic rings. The van der Waals surface area contributed by atoms with Crippen LogP contribution in [0.1, 0.15) is 63.5 Å². The van der Waals surface area contributed by atoms with Crippen LogP contribution in [0.5, 0.6) is 0 Å². The third-order valence-electron chi connectivity index (χ3n) is 3.61. The minimum absolute atomic E-state index is 0.333. The van der Waals surface area contributed by atoms with E-state index in [4.69, 9.17) is 5.73 Å². The van der Waals surface area contributed by atoms with Crippen molar-refractivity contribution in [3.63, 3.8) is 0 Å². The summed E-state index contributed by atoms with van der Waals surface area (Å²) in [7, 11) is 0. The topological polar surface area (TPSA) is 26.0 Å². The zero-order valence-corrected chi connectivity index (χ0v) is 12.1. The summed E-state index contributed by atoms with van der Waals surface area (Å²) in [6.07, 6.45) is 9.99. The van der Waals surface area contributed by atoms with Crippen molar-refractivity contribution in [2.45, 2.75) is 71.3 Å². The summed E-state index contributed by atoms with van der Waals surface area (Å²) in [6.45, 7) is 4.45. The third kappa shape index (κ3) is 6.20. The average molecular weight is 247 g/mol. The first-order chi connectivity index (χ1) is 8.76. The van der Waals surface area contributed by atoms with E-state index in [1.54, 1.807) is 0 Å². The Bertz CT molecular complexity index is 302. The number of aryl methyl sites for hydroxylation is 1. The highest BCUT2D eigenvalue weighted by Gasteiger charge is 2.04. The average Bonchev–Trinajstić information content (AvgIpc) is 2.39. The van der Waals surface area contributed by atoms with Gasteiger partial charge in [-0.2, -0.15) is 0 Å². The summed E-state index contributed by atoms with van der Waals surface area (Å²) < 4.78 is 0. The minimum Gasteiger partial charge on any atom is -0.327 e. The number of benzene rings is 1. The van der Waals surface area contributed by atoms with E-state index in [1.165, 1.54) is 49.7 Å². The molecule has 0 aliphatic heterocycles. The highest BCUT2D eigenvalue weighted by atomic mass is 14.6. The molecule has 1 heteroatoms. The summed E-state index contributed by atoms with van der Waals surface area (Å²) >= 11 is 0. The minimum atomic E-state index is 0.333. The predicted octanol–water partition coefficient (Wildman–Crippen LogP) is 4.48. The second-order valence-electron chi connectivity index (χ2n) is 5.34. The third-order valence-corrected chi connectivity index (χ3v) is 3.61. The zero-order chi connectivity index (χ0) is 13.2. The van der Waals surface area contributed by atoms with Crippen LogP contribution >= 0.6 is 0 Å². The largest absolute Gasteiger partial charge is 0.327 e. The molecule has 0 bridgehead atoms. The zero-order valence-electron chi connectivity index (χ0n) is 12.1. The van der Waals surface area contributed by atoms with Gasteiger partial charge >= 0.3 is 0 Å². The van der Waals surface area contributed by atoms with E-state index in [0.29, 0.717) is 6.04 Å². The highest BCUT2D eigenvalue weighted by Crippen LogP contribution is 2.11. The number of hydrogen-bond acceptors (Lipinski definition) is 1. The number of unbranched alkanes of at least 4 members (excludes halogenated alkanes) is 4. The Morgan fingerprint density at radius 1 is 0.889 bits per heavy atom. The lowest BCUT2D eigenvalue weighted by Gasteiger charge is -2.11. The Labute approximate surface area is 113 Å². The normalized spacial score (nSPS) is 12.6. The van der Waals surface area contributed by atoms with E-state index >= 15 is 0 Å². The second kappa shape index (κ2) is 9.16.